The van der Waals surface area contributed by atoms with Crippen LogP contribution in [0.3, 0.4) is 0 Å². The Morgan fingerprint density at radius 1 is 1.38 bits per heavy atom. The predicted octanol–water partition coefficient (Wildman–Crippen LogP) is 2.64. The van der Waals surface area contributed by atoms with Crippen LogP contribution in [-0.2, 0) is 27.4 Å². The third-order valence-corrected chi connectivity index (χ3v) is 5.08. The fourth-order valence-corrected chi connectivity index (χ4v) is 3.18. The van der Waals surface area contributed by atoms with Crippen molar-refractivity contribution in [3.05, 3.63) is 52.3 Å². The molecule has 0 bridgehead atoms. The predicted molar refractivity (Wildman–Crippen MR) is 99.1 cm³/mol. The number of ether oxygens (including phenoxy) is 2. The Balaban J connectivity index is 1.57. The SMILES string of the molecule is Cc1nn(CC(=O)N[C@@H]2COCC[C@@H]2OCc2ccccc2)c(C)c1Cl. The quantitative estimate of drug-likeness (QED) is 0.840. The second-order valence-corrected chi connectivity index (χ2v) is 6.89. The molecule has 1 amide bonds. The number of carbonyl (C=O) groups excluding carboxylic acids is 1. The van der Waals surface area contributed by atoms with Gasteiger partial charge in [-0.25, -0.2) is 0 Å². The number of aromatic nitrogens is 2. The molecule has 1 aromatic carbocycles. The third kappa shape index (κ3) is 4.63. The minimum absolute atomic E-state index is 0.0723. The van der Waals surface area contributed by atoms with Crippen LogP contribution in [-0.4, -0.2) is 41.0 Å². The van der Waals surface area contributed by atoms with E-state index in [2.05, 4.69) is 10.4 Å². The highest BCUT2D eigenvalue weighted by molar-refractivity contribution is 6.31. The summed E-state index contributed by atoms with van der Waals surface area (Å²) in [5, 5.41) is 7.92. The van der Waals surface area contributed by atoms with Gasteiger partial charge < -0.3 is 14.8 Å². The number of amides is 1. The summed E-state index contributed by atoms with van der Waals surface area (Å²) in [6.45, 7) is 5.41. The molecule has 0 saturated carbocycles. The summed E-state index contributed by atoms with van der Waals surface area (Å²) in [7, 11) is 0. The van der Waals surface area contributed by atoms with Gasteiger partial charge in [0.05, 0.1) is 41.8 Å². The fraction of sp³-hybridized carbons (Fsp3) is 0.474. The van der Waals surface area contributed by atoms with Crippen molar-refractivity contribution in [2.75, 3.05) is 13.2 Å². The number of nitrogens with one attached hydrogen (secondary N) is 1. The molecule has 1 fully saturated rings. The molecule has 1 aliphatic rings. The average Bonchev–Trinajstić information content (AvgIpc) is 2.88. The number of rotatable bonds is 6. The molecule has 2 heterocycles. The first kappa shape index (κ1) is 18.9. The maximum atomic E-state index is 12.4. The first-order chi connectivity index (χ1) is 12.5. The van der Waals surface area contributed by atoms with Crippen LogP contribution in [0, 0.1) is 13.8 Å². The van der Waals surface area contributed by atoms with Crippen LogP contribution in [0.1, 0.15) is 23.4 Å². The van der Waals surface area contributed by atoms with Crippen LogP contribution >= 0.6 is 11.6 Å². The van der Waals surface area contributed by atoms with E-state index in [0.717, 1.165) is 23.4 Å². The lowest BCUT2D eigenvalue weighted by molar-refractivity contribution is -0.127. The van der Waals surface area contributed by atoms with Crippen molar-refractivity contribution in [1.82, 2.24) is 15.1 Å². The Morgan fingerprint density at radius 3 is 2.85 bits per heavy atom. The Hall–Kier alpha value is -1.89. The van der Waals surface area contributed by atoms with E-state index >= 15 is 0 Å². The molecule has 7 heteroatoms. The van der Waals surface area contributed by atoms with E-state index in [1.54, 1.807) is 4.68 Å². The molecule has 3 rings (SSSR count). The number of nitrogens with zero attached hydrogens (tertiary/aromatic N) is 2. The molecule has 0 radical (unpaired) electrons. The number of halogens is 1. The van der Waals surface area contributed by atoms with E-state index in [9.17, 15) is 4.79 Å². The zero-order valence-electron chi connectivity index (χ0n) is 15.1. The second kappa shape index (κ2) is 8.66. The first-order valence-electron chi connectivity index (χ1n) is 8.76. The van der Waals surface area contributed by atoms with Crippen LogP contribution in [0.25, 0.3) is 0 Å². The molecule has 6 nitrogen and oxygen atoms in total. The van der Waals surface area contributed by atoms with Gasteiger partial charge in [0.25, 0.3) is 0 Å². The van der Waals surface area contributed by atoms with Gasteiger partial charge in [0.15, 0.2) is 0 Å². The van der Waals surface area contributed by atoms with E-state index in [0.29, 0.717) is 24.8 Å². The van der Waals surface area contributed by atoms with Gasteiger partial charge in [0.2, 0.25) is 5.91 Å². The number of aryl methyl sites for hydroxylation is 1. The van der Waals surface area contributed by atoms with Crippen molar-refractivity contribution in [3.63, 3.8) is 0 Å². The summed E-state index contributed by atoms with van der Waals surface area (Å²) in [5.74, 6) is -0.129. The molecule has 1 aliphatic heterocycles. The van der Waals surface area contributed by atoms with Gasteiger partial charge in [0.1, 0.15) is 6.54 Å². The highest BCUT2D eigenvalue weighted by atomic mass is 35.5. The monoisotopic (exact) mass is 377 g/mol. The summed E-state index contributed by atoms with van der Waals surface area (Å²) < 4.78 is 13.2. The van der Waals surface area contributed by atoms with Crippen molar-refractivity contribution >= 4 is 17.5 Å². The van der Waals surface area contributed by atoms with Crippen LogP contribution in [0.2, 0.25) is 5.02 Å². The molecule has 26 heavy (non-hydrogen) atoms. The number of hydrogen-bond donors (Lipinski definition) is 1. The molecule has 0 spiro atoms. The zero-order valence-corrected chi connectivity index (χ0v) is 15.8. The molecule has 140 valence electrons. The second-order valence-electron chi connectivity index (χ2n) is 6.52. The smallest absolute Gasteiger partial charge is 0.242 e. The van der Waals surface area contributed by atoms with E-state index in [-0.39, 0.29) is 24.6 Å². The van der Waals surface area contributed by atoms with E-state index in [4.69, 9.17) is 21.1 Å². The summed E-state index contributed by atoms with van der Waals surface area (Å²) in [6, 6.07) is 9.83. The highest BCUT2D eigenvalue weighted by Crippen LogP contribution is 2.19. The number of hydrogen-bond acceptors (Lipinski definition) is 4. The van der Waals surface area contributed by atoms with E-state index in [1.165, 1.54) is 0 Å². The Labute approximate surface area is 158 Å². The standard InChI is InChI=1S/C19H24ClN3O3/c1-13-19(20)14(2)23(22-13)10-18(24)21-16-12-25-9-8-17(16)26-11-15-6-4-3-5-7-15/h3-7,16-17H,8-12H2,1-2H3,(H,21,24)/t16-,17+/m1/s1. The van der Waals surface area contributed by atoms with Crippen molar-refractivity contribution in [1.29, 1.82) is 0 Å². The minimum Gasteiger partial charge on any atom is -0.379 e. The highest BCUT2D eigenvalue weighted by Gasteiger charge is 2.28. The molecule has 1 saturated heterocycles. The van der Waals surface area contributed by atoms with Crippen LogP contribution in [0.15, 0.2) is 30.3 Å². The fourth-order valence-electron chi connectivity index (χ4n) is 3.05. The lowest BCUT2D eigenvalue weighted by Crippen LogP contribution is -2.51. The molecule has 0 unspecified atom stereocenters. The van der Waals surface area contributed by atoms with Crippen molar-refractivity contribution in [2.24, 2.45) is 0 Å². The molecular weight excluding hydrogens is 354 g/mol. The van der Waals surface area contributed by atoms with E-state index in [1.807, 2.05) is 44.2 Å². The topological polar surface area (TPSA) is 65.4 Å². The normalized spacial score (nSPS) is 20.1. The molecule has 0 aliphatic carbocycles. The van der Waals surface area contributed by atoms with Gasteiger partial charge in [-0.1, -0.05) is 41.9 Å². The Kier molecular flexibility index (Phi) is 6.29. The number of carbonyl (C=O) groups is 1. The lowest BCUT2D eigenvalue weighted by Gasteiger charge is -2.32. The zero-order chi connectivity index (χ0) is 18.5. The molecule has 2 atom stereocenters. The molecule has 1 aromatic heterocycles. The van der Waals surface area contributed by atoms with Crippen LogP contribution < -0.4 is 5.32 Å². The average molecular weight is 378 g/mol. The first-order valence-corrected chi connectivity index (χ1v) is 9.14. The summed E-state index contributed by atoms with van der Waals surface area (Å²) in [5.41, 5.74) is 2.62. The van der Waals surface area contributed by atoms with Crippen LogP contribution in [0.5, 0.6) is 0 Å². The molecule has 2 aromatic rings. The molecular formula is C19H24ClN3O3. The van der Waals surface area contributed by atoms with Gasteiger partial charge in [-0.05, 0) is 25.8 Å². The van der Waals surface area contributed by atoms with E-state index < -0.39 is 0 Å². The third-order valence-electron chi connectivity index (χ3n) is 4.53. The Morgan fingerprint density at radius 2 is 2.15 bits per heavy atom. The Bertz CT molecular complexity index is 748. The number of benzene rings is 1. The maximum Gasteiger partial charge on any atom is 0.242 e. The van der Waals surface area contributed by atoms with Crippen molar-refractivity contribution in [3.8, 4) is 0 Å². The van der Waals surface area contributed by atoms with Gasteiger partial charge in [-0.15, -0.1) is 0 Å². The van der Waals surface area contributed by atoms with Crippen LogP contribution in [0.4, 0.5) is 0 Å². The largest absolute Gasteiger partial charge is 0.379 e. The molecule has 1 N–H and O–H groups in total. The van der Waals surface area contributed by atoms with Gasteiger partial charge in [-0.3, -0.25) is 9.48 Å². The van der Waals surface area contributed by atoms with Crippen molar-refractivity contribution < 1.29 is 14.3 Å². The summed E-state index contributed by atoms with van der Waals surface area (Å²) in [6.07, 6.45) is 0.681. The maximum absolute atomic E-state index is 12.4. The van der Waals surface area contributed by atoms with Gasteiger partial charge in [-0.2, -0.15) is 5.10 Å². The van der Waals surface area contributed by atoms with Gasteiger partial charge in [0, 0.05) is 6.61 Å². The van der Waals surface area contributed by atoms with Gasteiger partial charge >= 0.3 is 0 Å². The summed E-state index contributed by atoms with van der Waals surface area (Å²) in [4.78, 5) is 12.4. The van der Waals surface area contributed by atoms with Crippen molar-refractivity contribution in [2.45, 2.75) is 45.6 Å². The minimum atomic E-state index is -0.174. The lowest BCUT2D eigenvalue weighted by atomic mass is 10.1. The summed E-state index contributed by atoms with van der Waals surface area (Å²) >= 11 is 6.14.